The fourth-order valence-corrected chi connectivity index (χ4v) is 4.93. The van der Waals surface area contributed by atoms with Crippen LogP contribution in [0.3, 0.4) is 0 Å². The molecule has 1 aliphatic heterocycles. The van der Waals surface area contributed by atoms with E-state index in [0.717, 1.165) is 17.7 Å². The maximum absolute atomic E-state index is 12.2. The Balaban J connectivity index is 1.97. The average Bonchev–Trinajstić information content (AvgIpc) is 2.81. The van der Waals surface area contributed by atoms with Crippen LogP contribution in [0, 0.1) is 0 Å². The van der Waals surface area contributed by atoms with Crippen LogP contribution in [0.5, 0.6) is 0 Å². The summed E-state index contributed by atoms with van der Waals surface area (Å²) in [5, 5.41) is 0.678. The van der Waals surface area contributed by atoms with E-state index in [9.17, 15) is 4.79 Å². The summed E-state index contributed by atoms with van der Waals surface area (Å²) in [6.45, 7) is 2.17. The number of hydrogen-bond donors (Lipinski definition) is 0. The van der Waals surface area contributed by atoms with Crippen molar-refractivity contribution in [2.75, 3.05) is 11.5 Å². The lowest BCUT2D eigenvalue weighted by molar-refractivity contribution is -0.117. The van der Waals surface area contributed by atoms with E-state index >= 15 is 0 Å². The minimum atomic E-state index is 0.179. The zero-order chi connectivity index (χ0) is 11.4. The third kappa shape index (κ3) is 2.86. The van der Waals surface area contributed by atoms with Gasteiger partial charge >= 0.3 is 0 Å². The standard InChI is InChI=1S/C12H16O2S2/c1-2-11-12(16-6-5-15-11)10(13)7-9-3-4-14-8-9/h3-4,8,11-12H,2,5-7H2,1H3. The minimum absolute atomic E-state index is 0.179. The molecule has 0 aromatic carbocycles. The second-order valence-corrected chi connectivity index (χ2v) is 6.48. The summed E-state index contributed by atoms with van der Waals surface area (Å²) in [5.74, 6) is 2.63. The SMILES string of the molecule is CCC1SCCSC1C(=O)Cc1ccoc1. The number of carbonyl (C=O) groups excluding carboxylic acids is 1. The fourth-order valence-electron chi connectivity index (χ4n) is 1.90. The third-order valence-electron chi connectivity index (χ3n) is 2.73. The van der Waals surface area contributed by atoms with Crippen molar-refractivity contribution in [1.29, 1.82) is 0 Å². The molecule has 0 spiro atoms. The molecule has 0 radical (unpaired) electrons. The predicted octanol–water partition coefficient (Wildman–Crippen LogP) is 3.02. The molecule has 2 heterocycles. The van der Waals surface area contributed by atoms with Gasteiger partial charge in [-0.3, -0.25) is 4.79 Å². The second kappa shape index (κ2) is 5.82. The van der Waals surface area contributed by atoms with Crippen molar-refractivity contribution in [2.24, 2.45) is 0 Å². The number of rotatable bonds is 4. The summed E-state index contributed by atoms with van der Waals surface area (Å²) in [5.41, 5.74) is 0.996. The molecule has 2 rings (SSSR count). The largest absolute Gasteiger partial charge is 0.472 e. The summed E-state index contributed by atoms with van der Waals surface area (Å²) in [6, 6.07) is 1.87. The highest BCUT2D eigenvalue weighted by Crippen LogP contribution is 2.34. The summed E-state index contributed by atoms with van der Waals surface area (Å²) in [7, 11) is 0. The predicted molar refractivity (Wildman–Crippen MR) is 70.2 cm³/mol. The van der Waals surface area contributed by atoms with E-state index in [1.54, 1.807) is 12.5 Å². The monoisotopic (exact) mass is 256 g/mol. The number of ketones is 1. The molecule has 0 amide bonds. The smallest absolute Gasteiger partial charge is 0.151 e. The van der Waals surface area contributed by atoms with E-state index in [2.05, 4.69) is 6.92 Å². The van der Waals surface area contributed by atoms with Crippen LogP contribution in [0.15, 0.2) is 23.0 Å². The van der Waals surface area contributed by atoms with Crippen LogP contribution < -0.4 is 0 Å². The minimum Gasteiger partial charge on any atom is -0.472 e. The van der Waals surface area contributed by atoms with Crippen LogP contribution in [0.2, 0.25) is 0 Å². The van der Waals surface area contributed by atoms with Crippen molar-refractivity contribution >= 4 is 29.3 Å². The van der Waals surface area contributed by atoms with Crippen molar-refractivity contribution in [3.8, 4) is 0 Å². The molecular weight excluding hydrogens is 240 g/mol. The lowest BCUT2D eigenvalue weighted by Crippen LogP contribution is -2.33. The molecule has 16 heavy (non-hydrogen) atoms. The Labute approximate surface area is 105 Å². The number of hydrogen-bond acceptors (Lipinski definition) is 4. The van der Waals surface area contributed by atoms with E-state index in [-0.39, 0.29) is 5.25 Å². The average molecular weight is 256 g/mol. The van der Waals surface area contributed by atoms with Crippen molar-refractivity contribution in [3.05, 3.63) is 24.2 Å². The Morgan fingerprint density at radius 3 is 3.00 bits per heavy atom. The van der Waals surface area contributed by atoms with Gasteiger partial charge in [0.25, 0.3) is 0 Å². The summed E-state index contributed by atoms with van der Waals surface area (Å²) in [4.78, 5) is 12.2. The Hall–Kier alpha value is -0.350. The summed E-state index contributed by atoms with van der Waals surface area (Å²) < 4.78 is 4.99. The van der Waals surface area contributed by atoms with Gasteiger partial charge in [-0.15, -0.1) is 11.8 Å². The van der Waals surface area contributed by atoms with Gasteiger partial charge in [0.2, 0.25) is 0 Å². The van der Waals surface area contributed by atoms with Crippen molar-refractivity contribution in [2.45, 2.75) is 30.3 Å². The molecule has 2 nitrogen and oxygen atoms in total. The topological polar surface area (TPSA) is 30.2 Å². The van der Waals surface area contributed by atoms with Crippen molar-refractivity contribution in [1.82, 2.24) is 0 Å². The van der Waals surface area contributed by atoms with E-state index < -0.39 is 0 Å². The number of thioether (sulfide) groups is 2. The molecule has 2 atom stereocenters. The van der Waals surface area contributed by atoms with Gasteiger partial charge in [-0.1, -0.05) is 6.92 Å². The number of carbonyl (C=O) groups is 1. The maximum Gasteiger partial charge on any atom is 0.151 e. The molecule has 1 fully saturated rings. The van der Waals surface area contributed by atoms with Gasteiger partial charge in [0.15, 0.2) is 5.78 Å². The highest BCUT2D eigenvalue weighted by molar-refractivity contribution is 8.07. The molecule has 2 unspecified atom stereocenters. The second-order valence-electron chi connectivity index (χ2n) is 3.88. The molecule has 1 aliphatic rings. The maximum atomic E-state index is 12.2. The van der Waals surface area contributed by atoms with E-state index in [4.69, 9.17) is 4.42 Å². The van der Waals surface area contributed by atoms with Gasteiger partial charge in [-0.05, 0) is 18.1 Å². The van der Waals surface area contributed by atoms with E-state index in [0.29, 0.717) is 17.5 Å². The molecule has 0 saturated carbocycles. The lowest BCUT2D eigenvalue weighted by Gasteiger charge is -2.28. The normalized spacial score (nSPS) is 25.6. The number of Topliss-reactive ketones (excluding diaryl/α,β-unsaturated/α-hetero) is 1. The first-order valence-corrected chi connectivity index (χ1v) is 7.68. The Bertz CT molecular complexity index is 335. The van der Waals surface area contributed by atoms with Gasteiger partial charge in [-0.2, -0.15) is 11.8 Å². The van der Waals surface area contributed by atoms with Crippen LogP contribution in [-0.2, 0) is 11.2 Å². The third-order valence-corrected chi connectivity index (χ3v) is 6.02. The van der Waals surface area contributed by atoms with Crippen LogP contribution in [0.25, 0.3) is 0 Å². The van der Waals surface area contributed by atoms with Crippen molar-refractivity contribution < 1.29 is 9.21 Å². The molecule has 1 aromatic heterocycles. The van der Waals surface area contributed by atoms with Gasteiger partial charge in [0, 0.05) is 23.2 Å². The van der Waals surface area contributed by atoms with Crippen LogP contribution in [-0.4, -0.2) is 27.8 Å². The quantitative estimate of drug-likeness (QED) is 0.828. The molecule has 4 heteroatoms. The summed E-state index contributed by atoms with van der Waals surface area (Å²) in [6.07, 6.45) is 4.90. The zero-order valence-electron chi connectivity index (χ0n) is 9.35. The van der Waals surface area contributed by atoms with E-state index in [1.807, 2.05) is 29.6 Å². The molecular formula is C12H16O2S2. The molecule has 0 bridgehead atoms. The fraction of sp³-hybridized carbons (Fsp3) is 0.583. The number of furan rings is 1. The Morgan fingerprint density at radius 2 is 2.31 bits per heavy atom. The lowest BCUT2D eigenvalue weighted by atomic mass is 10.1. The first-order chi connectivity index (χ1) is 7.81. The van der Waals surface area contributed by atoms with Crippen LogP contribution in [0.4, 0.5) is 0 Å². The Morgan fingerprint density at radius 1 is 1.50 bits per heavy atom. The van der Waals surface area contributed by atoms with Gasteiger partial charge < -0.3 is 4.42 Å². The van der Waals surface area contributed by atoms with Gasteiger partial charge in [0.1, 0.15) is 0 Å². The first-order valence-electron chi connectivity index (χ1n) is 5.58. The Kier molecular flexibility index (Phi) is 4.41. The van der Waals surface area contributed by atoms with E-state index in [1.165, 1.54) is 5.75 Å². The molecule has 88 valence electrons. The van der Waals surface area contributed by atoms with Crippen molar-refractivity contribution in [3.63, 3.8) is 0 Å². The highest BCUT2D eigenvalue weighted by Gasteiger charge is 2.30. The van der Waals surface area contributed by atoms with Crippen LogP contribution >= 0.6 is 23.5 Å². The molecule has 1 saturated heterocycles. The molecule has 0 N–H and O–H groups in total. The summed E-state index contributed by atoms with van der Waals surface area (Å²) >= 11 is 3.77. The molecule has 1 aromatic rings. The van der Waals surface area contributed by atoms with Gasteiger partial charge in [0.05, 0.1) is 17.8 Å². The van der Waals surface area contributed by atoms with Crippen LogP contribution in [0.1, 0.15) is 18.9 Å². The van der Waals surface area contributed by atoms with Gasteiger partial charge in [-0.25, -0.2) is 0 Å². The highest BCUT2D eigenvalue weighted by atomic mass is 32.2. The zero-order valence-corrected chi connectivity index (χ0v) is 11.0. The molecule has 0 aliphatic carbocycles. The first kappa shape index (κ1) is 12.1.